The highest BCUT2D eigenvalue weighted by atomic mass is 32.1. The fourth-order valence-corrected chi connectivity index (χ4v) is 4.31. The molecule has 2 saturated heterocycles. The Hall–Kier alpha value is -0.950. The Labute approximate surface area is 142 Å². The lowest BCUT2D eigenvalue weighted by atomic mass is 10.1. The first-order chi connectivity index (χ1) is 11.0. The Kier molecular flexibility index (Phi) is 5.36. The van der Waals surface area contributed by atoms with Crippen molar-refractivity contribution in [2.24, 2.45) is 0 Å². The Morgan fingerprint density at radius 1 is 1.22 bits per heavy atom. The van der Waals surface area contributed by atoms with Crippen molar-refractivity contribution in [1.82, 2.24) is 4.90 Å². The maximum atomic E-state index is 12.4. The summed E-state index contributed by atoms with van der Waals surface area (Å²) in [5.41, 5.74) is 2.45. The predicted octanol–water partition coefficient (Wildman–Crippen LogP) is 2.49. The van der Waals surface area contributed by atoms with Crippen molar-refractivity contribution in [2.45, 2.75) is 45.8 Å². The van der Waals surface area contributed by atoms with Crippen LogP contribution in [0.5, 0.6) is 0 Å². The summed E-state index contributed by atoms with van der Waals surface area (Å²) in [4.78, 5) is 15.8. The molecule has 2 atom stereocenters. The molecule has 1 aromatic heterocycles. The summed E-state index contributed by atoms with van der Waals surface area (Å²) >= 11 is 1.66. The Morgan fingerprint density at radius 3 is 2.65 bits per heavy atom. The van der Waals surface area contributed by atoms with Gasteiger partial charge in [-0.05, 0) is 44.7 Å². The largest absolute Gasteiger partial charge is 0.375 e. The van der Waals surface area contributed by atoms with E-state index in [2.05, 4.69) is 31.0 Å². The number of thiophene rings is 1. The molecule has 1 N–H and O–H groups in total. The van der Waals surface area contributed by atoms with Gasteiger partial charge in [-0.3, -0.25) is 9.69 Å². The van der Waals surface area contributed by atoms with Crippen LogP contribution in [-0.2, 0) is 14.3 Å². The number of carbonyl (C=O) groups excluding carboxylic acids is 1. The van der Waals surface area contributed by atoms with Crippen LogP contribution in [0.4, 0.5) is 5.00 Å². The maximum absolute atomic E-state index is 12.4. The number of aryl methyl sites for hydroxylation is 1. The third-order valence-electron chi connectivity index (χ3n) is 4.86. The number of carbonyl (C=O) groups is 1. The number of morpholine rings is 1. The molecule has 0 bridgehead atoms. The van der Waals surface area contributed by atoms with E-state index in [0.29, 0.717) is 13.2 Å². The summed E-state index contributed by atoms with van der Waals surface area (Å²) in [5, 5.41) is 4.05. The van der Waals surface area contributed by atoms with Gasteiger partial charge in [0.15, 0.2) is 0 Å². The van der Waals surface area contributed by atoms with Gasteiger partial charge in [-0.15, -0.1) is 11.3 Å². The Morgan fingerprint density at radius 2 is 2.00 bits per heavy atom. The van der Waals surface area contributed by atoms with Gasteiger partial charge in [0.25, 0.3) is 0 Å². The van der Waals surface area contributed by atoms with E-state index in [1.807, 2.05) is 0 Å². The van der Waals surface area contributed by atoms with Crippen LogP contribution < -0.4 is 5.32 Å². The molecule has 3 rings (SSSR count). The maximum Gasteiger partial charge on any atom is 0.239 e. The molecule has 0 aliphatic carbocycles. The lowest BCUT2D eigenvalue weighted by Gasteiger charge is -2.34. The van der Waals surface area contributed by atoms with E-state index >= 15 is 0 Å². The SMILES string of the molecule is Cc1sc(NC(=O)CN2CCO[C@@H]([C@H]3CCCO3)C2)c(C)c1C. The zero-order valence-corrected chi connectivity index (χ0v) is 15.0. The smallest absolute Gasteiger partial charge is 0.239 e. The van der Waals surface area contributed by atoms with Gasteiger partial charge in [-0.2, -0.15) is 0 Å². The molecule has 5 nitrogen and oxygen atoms in total. The van der Waals surface area contributed by atoms with E-state index in [-0.39, 0.29) is 18.1 Å². The van der Waals surface area contributed by atoms with E-state index < -0.39 is 0 Å². The van der Waals surface area contributed by atoms with Crippen LogP contribution in [0.2, 0.25) is 0 Å². The summed E-state index contributed by atoms with van der Waals surface area (Å²) < 4.78 is 11.6. The summed E-state index contributed by atoms with van der Waals surface area (Å²) in [7, 11) is 0. The number of hydrogen-bond acceptors (Lipinski definition) is 5. The Balaban J connectivity index is 1.53. The molecule has 2 fully saturated rings. The van der Waals surface area contributed by atoms with Gasteiger partial charge in [0.2, 0.25) is 5.91 Å². The lowest BCUT2D eigenvalue weighted by Crippen LogP contribution is -2.49. The summed E-state index contributed by atoms with van der Waals surface area (Å²) in [6, 6.07) is 0. The molecule has 0 spiro atoms. The standard InChI is InChI=1S/C17H26N2O3S/c1-11-12(2)17(23-13(11)3)18-16(20)10-19-6-8-22-15(9-19)14-5-4-7-21-14/h14-15H,4-10H2,1-3H3,(H,18,20)/t14-,15-/m1/s1. The molecule has 0 aromatic carbocycles. The van der Waals surface area contributed by atoms with Crippen molar-refractivity contribution in [1.29, 1.82) is 0 Å². The number of nitrogens with zero attached hydrogens (tertiary/aromatic N) is 1. The van der Waals surface area contributed by atoms with E-state index in [9.17, 15) is 4.79 Å². The number of ether oxygens (including phenoxy) is 2. The number of hydrogen-bond donors (Lipinski definition) is 1. The van der Waals surface area contributed by atoms with Crippen LogP contribution in [0.25, 0.3) is 0 Å². The van der Waals surface area contributed by atoms with Gasteiger partial charge in [0, 0.05) is 24.6 Å². The monoisotopic (exact) mass is 338 g/mol. The molecule has 6 heteroatoms. The fraction of sp³-hybridized carbons (Fsp3) is 0.706. The van der Waals surface area contributed by atoms with E-state index in [0.717, 1.165) is 37.5 Å². The van der Waals surface area contributed by atoms with Crippen LogP contribution in [0.1, 0.15) is 28.8 Å². The average Bonchev–Trinajstić information content (AvgIpc) is 3.14. The molecule has 3 heterocycles. The molecule has 128 valence electrons. The van der Waals surface area contributed by atoms with Crippen LogP contribution >= 0.6 is 11.3 Å². The van der Waals surface area contributed by atoms with Crippen molar-refractivity contribution in [2.75, 3.05) is 38.2 Å². The first kappa shape index (κ1) is 16.9. The molecular weight excluding hydrogens is 312 g/mol. The average molecular weight is 338 g/mol. The van der Waals surface area contributed by atoms with Crippen LogP contribution in [-0.4, -0.2) is 55.9 Å². The molecule has 0 radical (unpaired) electrons. The number of amides is 1. The second kappa shape index (κ2) is 7.30. The molecule has 23 heavy (non-hydrogen) atoms. The Bertz CT molecular complexity index is 566. The number of nitrogens with one attached hydrogen (secondary N) is 1. The van der Waals surface area contributed by atoms with Crippen molar-refractivity contribution in [3.63, 3.8) is 0 Å². The predicted molar refractivity (Wildman–Crippen MR) is 92.3 cm³/mol. The van der Waals surface area contributed by atoms with Crippen molar-refractivity contribution in [3.8, 4) is 0 Å². The molecule has 0 unspecified atom stereocenters. The number of anilines is 1. The fourth-order valence-electron chi connectivity index (χ4n) is 3.22. The highest BCUT2D eigenvalue weighted by molar-refractivity contribution is 7.16. The van der Waals surface area contributed by atoms with Gasteiger partial charge in [0.1, 0.15) is 0 Å². The van der Waals surface area contributed by atoms with E-state index in [1.54, 1.807) is 11.3 Å². The molecule has 2 aliphatic heterocycles. The van der Waals surface area contributed by atoms with Crippen LogP contribution in [0, 0.1) is 20.8 Å². The summed E-state index contributed by atoms with van der Waals surface area (Å²) in [5.74, 6) is 0.0577. The van der Waals surface area contributed by atoms with Crippen molar-refractivity contribution >= 4 is 22.2 Å². The first-order valence-electron chi connectivity index (χ1n) is 8.36. The second-order valence-corrected chi connectivity index (χ2v) is 7.71. The van der Waals surface area contributed by atoms with Gasteiger partial charge in [-0.1, -0.05) is 0 Å². The zero-order chi connectivity index (χ0) is 16.4. The van der Waals surface area contributed by atoms with Crippen LogP contribution in [0.15, 0.2) is 0 Å². The highest BCUT2D eigenvalue weighted by Gasteiger charge is 2.31. The molecular formula is C17H26N2O3S. The molecule has 1 aromatic rings. The number of rotatable bonds is 4. The highest BCUT2D eigenvalue weighted by Crippen LogP contribution is 2.31. The zero-order valence-electron chi connectivity index (χ0n) is 14.2. The van der Waals surface area contributed by atoms with Crippen molar-refractivity contribution in [3.05, 3.63) is 16.0 Å². The topological polar surface area (TPSA) is 50.8 Å². The normalized spacial score (nSPS) is 25.7. The third kappa shape index (κ3) is 3.94. The molecule has 2 aliphatic rings. The second-order valence-electron chi connectivity index (χ2n) is 6.48. The quantitative estimate of drug-likeness (QED) is 0.916. The summed E-state index contributed by atoms with van der Waals surface area (Å²) in [6.45, 7) is 9.77. The molecule has 0 saturated carbocycles. The van der Waals surface area contributed by atoms with Crippen LogP contribution in [0.3, 0.4) is 0 Å². The van der Waals surface area contributed by atoms with Gasteiger partial charge < -0.3 is 14.8 Å². The van der Waals surface area contributed by atoms with Crippen molar-refractivity contribution < 1.29 is 14.3 Å². The van der Waals surface area contributed by atoms with Gasteiger partial charge >= 0.3 is 0 Å². The minimum absolute atomic E-state index is 0.0577. The van der Waals surface area contributed by atoms with Gasteiger partial charge in [-0.25, -0.2) is 0 Å². The minimum Gasteiger partial charge on any atom is -0.375 e. The lowest BCUT2D eigenvalue weighted by molar-refractivity contribution is -0.123. The third-order valence-corrected chi connectivity index (χ3v) is 6.09. The first-order valence-corrected chi connectivity index (χ1v) is 9.18. The molecule has 1 amide bonds. The minimum atomic E-state index is 0.0577. The van der Waals surface area contributed by atoms with E-state index in [4.69, 9.17) is 9.47 Å². The van der Waals surface area contributed by atoms with Gasteiger partial charge in [0.05, 0.1) is 30.4 Å². The summed E-state index contributed by atoms with van der Waals surface area (Å²) in [6.07, 6.45) is 2.48. The van der Waals surface area contributed by atoms with E-state index in [1.165, 1.54) is 16.0 Å².